The molecule has 1 aliphatic heterocycles. The van der Waals surface area contributed by atoms with Crippen LogP contribution >= 0.6 is 0 Å². The Morgan fingerprint density at radius 1 is 1.21 bits per heavy atom. The minimum atomic E-state index is -5.15. The van der Waals surface area contributed by atoms with E-state index < -0.39 is 74.2 Å². The Bertz CT molecular complexity index is 923. The molecule has 2 rings (SSSR count). The number of carboxylic acid groups (broad SMARTS) is 1. The molecule has 12 heteroatoms. The number of carbonyl (C=O) groups is 2. The van der Waals surface area contributed by atoms with Crippen LogP contribution in [0.25, 0.3) is 0 Å². The van der Waals surface area contributed by atoms with Gasteiger partial charge in [0.15, 0.2) is 9.84 Å². The summed E-state index contributed by atoms with van der Waals surface area (Å²) in [7, 11) is -4.75. The molecule has 1 N–H and O–H groups in total. The van der Waals surface area contributed by atoms with E-state index >= 15 is 0 Å². The third kappa shape index (κ3) is 4.98. The van der Waals surface area contributed by atoms with Gasteiger partial charge in [0.1, 0.15) is 17.5 Å². The predicted octanol–water partition coefficient (Wildman–Crippen LogP) is 3.08. The molecule has 0 bridgehead atoms. The number of halogens is 4. The number of hydrogen-bond acceptors (Lipinski definition) is 5. The molecule has 0 saturated carbocycles. The maximum absolute atomic E-state index is 13.3. The van der Waals surface area contributed by atoms with E-state index in [1.54, 1.807) is 0 Å². The molecule has 2 atom stereocenters. The van der Waals surface area contributed by atoms with Gasteiger partial charge in [0.05, 0.1) is 15.7 Å². The Hall–Kier alpha value is -2.37. The number of amides is 1. The quantitative estimate of drug-likeness (QED) is 0.572. The van der Waals surface area contributed by atoms with Gasteiger partial charge >= 0.3 is 18.2 Å². The summed E-state index contributed by atoms with van der Waals surface area (Å²) in [5.41, 5.74) is -2.70. The summed E-state index contributed by atoms with van der Waals surface area (Å²) in [5.74, 6) is -2.80. The fourth-order valence-corrected chi connectivity index (χ4v) is 4.82. The first kappa shape index (κ1) is 22.9. The van der Waals surface area contributed by atoms with E-state index in [-0.39, 0.29) is 6.07 Å². The summed E-state index contributed by atoms with van der Waals surface area (Å²) in [6, 6.07) is -0.488. The second-order valence-corrected chi connectivity index (χ2v) is 9.72. The largest absolute Gasteiger partial charge is 0.480 e. The Morgan fingerprint density at radius 2 is 1.79 bits per heavy atom. The number of alkyl halides is 3. The average Bonchev–Trinajstić information content (AvgIpc) is 2.98. The Balaban J connectivity index is 2.45. The van der Waals surface area contributed by atoms with Gasteiger partial charge in [-0.05, 0) is 45.4 Å². The number of sulfone groups is 1. The van der Waals surface area contributed by atoms with Crippen LogP contribution in [0, 0.1) is 5.82 Å². The number of benzene rings is 1. The maximum Gasteiger partial charge on any atom is 0.417 e. The lowest BCUT2D eigenvalue weighted by molar-refractivity contribution is -0.142. The average molecular weight is 441 g/mol. The standard InChI is InChI=1S/C17H19F4NO6S/c1-16(2,3)28-15(25)22-8-10(7-12(22)14(23)24)29(26,27)13-5-4-9(18)6-11(13)17(19,20)21/h4-6,10,12H,7-8H2,1-3H3,(H,23,24)/t10-,12+/m1/s1. The van der Waals surface area contributed by atoms with Crippen molar-refractivity contribution in [2.24, 2.45) is 0 Å². The third-order valence-electron chi connectivity index (χ3n) is 4.17. The van der Waals surface area contributed by atoms with Gasteiger partial charge in [-0.1, -0.05) is 0 Å². The minimum Gasteiger partial charge on any atom is -0.480 e. The van der Waals surface area contributed by atoms with Crippen molar-refractivity contribution in [2.45, 2.75) is 55.2 Å². The highest BCUT2D eigenvalue weighted by Gasteiger charge is 2.48. The predicted molar refractivity (Wildman–Crippen MR) is 91.4 cm³/mol. The van der Waals surface area contributed by atoms with Crippen molar-refractivity contribution < 1.29 is 45.4 Å². The van der Waals surface area contributed by atoms with E-state index in [1.807, 2.05) is 0 Å². The van der Waals surface area contributed by atoms with E-state index in [0.717, 1.165) is 0 Å². The molecule has 1 heterocycles. The zero-order valence-corrected chi connectivity index (χ0v) is 16.5. The molecular formula is C17H19F4NO6S. The molecule has 7 nitrogen and oxygen atoms in total. The monoisotopic (exact) mass is 441 g/mol. The highest BCUT2D eigenvalue weighted by molar-refractivity contribution is 7.92. The highest BCUT2D eigenvalue weighted by atomic mass is 32.2. The summed E-state index contributed by atoms with van der Waals surface area (Å²) >= 11 is 0. The van der Waals surface area contributed by atoms with Crippen molar-refractivity contribution in [1.29, 1.82) is 0 Å². The van der Waals surface area contributed by atoms with Gasteiger partial charge in [0.2, 0.25) is 0 Å². The number of rotatable bonds is 3. The van der Waals surface area contributed by atoms with Gasteiger partial charge in [-0.2, -0.15) is 13.2 Å². The van der Waals surface area contributed by atoms with E-state index in [9.17, 15) is 40.7 Å². The summed E-state index contributed by atoms with van der Waals surface area (Å²) < 4.78 is 83.7. The zero-order chi connectivity index (χ0) is 22.4. The second kappa shape index (κ2) is 7.47. The first-order valence-corrected chi connectivity index (χ1v) is 9.91. The number of hydrogen-bond donors (Lipinski definition) is 1. The molecule has 1 aromatic rings. The smallest absolute Gasteiger partial charge is 0.417 e. The lowest BCUT2D eigenvalue weighted by Gasteiger charge is -2.26. The van der Waals surface area contributed by atoms with Gasteiger partial charge in [-0.25, -0.2) is 22.4 Å². The van der Waals surface area contributed by atoms with Crippen molar-refractivity contribution in [3.8, 4) is 0 Å². The number of likely N-dealkylation sites (tertiary alicyclic amines) is 1. The van der Waals surface area contributed by atoms with Gasteiger partial charge in [-0.3, -0.25) is 4.90 Å². The normalized spacial score (nSPS) is 20.6. The van der Waals surface area contributed by atoms with Gasteiger partial charge in [-0.15, -0.1) is 0 Å². The van der Waals surface area contributed by atoms with Crippen LogP contribution in [-0.2, 0) is 25.5 Å². The fraction of sp³-hybridized carbons (Fsp3) is 0.529. The van der Waals surface area contributed by atoms with E-state index in [2.05, 4.69) is 0 Å². The molecular weight excluding hydrogens is 422 g/mol. The number of carbonyl (C=O) groups excluding carboxylic acids is 1. The number of carboxylic acids is 1. The van der Waals surface area contributed by atoms with Crippen LogP contribution in [0.2, 0.25) is 0 Å². The lowest BCUT2D eigenvalue weighted by Crippen LogP contribution is -2.43. The molecule has 1 saturated heterocycles. The van der Waals surface area contributed by atoms with Crippen LogP contribution in [-0.4, -0.2) is 53.9 Å². The van der Waals surface area contributed by atoms with Crippen LogP contribution in [0.5, 0.6) is 0 Å². The highest BCUT2D eigenvalue weighted by Crippen LogP contribution is 2.38. The van der Waals surface area contributed by atoms with Gasteiger partial charge in [0.25, 0.3) is 0 Å². The van der Waals surface area contributed by atoms with Crippen LogP contribution in [0.4, 0.5) is 22.4 Å². The molecule has 162 valence electrons. The lowest BCUT2D eigenvalue weighted by atomic mass is 10.2. The summed E-state index contributed by atoms with van der Waals surface area (Å²) in [5, 5.41) is 7.69. The number of ether oxygens (including phenoxy) is 1. The first-order chi connectivity index (χ1) is 13.0. The minimum absolute atomic E-state index is 0.0577. The van der Waals surface area contributed by atoms with Crippen LogP contribution < -0.4 is 0 Å². The van der Waals surface area contributed by atoms with Crippen molar-refractivity contribution >= 4 is 21.9 Å². The second-order valence-electron chi connectivity index (χ2n) is 7.53. The first-order valence-electron chi connectivity index (χ1n) is 8.37. The Kier molecular flexibility index (Phi) is 5.90. The molecule has 29 heavy (non-hydrogen) atoms. The Labute approximate surface area is 164 Å². The summed E-state index contributed by atoms with van der Waals surface area (Å²) in [4.78, 5) is 23.2. The van der Waals surface area contributed by atoms with Crippen LogP contribution in [0.1, 0.15) is 32.8 Å². The topological polar surface area (TPSA) is 101 Å². The molecule has 1 aliphatic rings. The van der Waals surface area contributed by atoms with E-state index in [0.29, 0.717) is 17.0 Å². The van der Waals surface area contributed by atoms with E-state index in [1.165, 1.54) is 20.8 Å². The van der Waals surface area contributed by atoms with Gasteiger partial charge in [0, 0.05) is 6.54 Å². The van der Waals surface area contributed by atoms with Crippen molar-refractivity contribution in [2.75, 3.05) is 6.54 Å². The SMILES string of the molecule is CC(C)(C)OC(=O)N1C[C@H](S(=O)(=O)c2ccc(F)cc2C(F)(F)F)C[C@H]1C(=O)O. The van der Waals surface area contributed by atoms with Crippen molar-refractivity contribution in [3.05, 3.63) is 29.6 Å². The number of aliphatic carboxylic acids is 1. The molecule has 0 radical (unpaired) electrons. The van der Waals surface area contributed by atoms with Crippen molar-refractivity contribution in [3.63, 3.8) is 0 Å². The summed E-state index contributed by atoms with van der Waals surface area (Å²) in [6.07, 6.45) is -6.89. The van der Waals surface area contributed by atoms with Gasteiger partial charge < -0.3 is 9.84 Å². The third-order valence-corrected chi connectivity index (χ3v) is 6.36. The molecule has 0 spiro atoms. The van der Waals surface area contributed by atoms with Crippen LogP contribution in [0.15, 0.2) is 23.1 Å². The molecule has 0 unspecified atom stereocenters. The molecule has 0 aromatic heterocycles. The Morgan fingerprint density at radius 3 is 2.28 bits per heavy atom. The van der Waals surface area contributed by atoms with Crippen LogP contribution in [0.3, 0.4) is 0 Å². The summed E-state index contributed by atoms with van der Waals surface area (Å²) in [6.45, 7) is 3.86. The van der Waals surface area contributed by atoms with E-state index in [4.69, 9.17) is 4.74 Å². The van der Waals surface area contributed by atoms with Crippen molar-refractivity contribution in [1.82, 2.24) is 4.90 Å². The zero-order valence-electron chi connectivity index (χ0n) is 15.7. The fourth-order valence-electron chi connectivity index (χ4n) is 2.93. The molecule has 0 aliphatic carbocycles. The maximum atomic E-state index is 13.3. The molecule has 1 aromatic carbocycles. The molecule has 1 amide bonds. The number of nitrogens with zero attached hydrogens (tertiary/aromatic N) is 1. The molecule has 1 fully saturated rings.